The summed E-state index contributed by atoms with van der Waals surface area (Å²) in [6.07, 6.45) is -7.03. The Morgan fingerprint density at radius 1 is 0.885 bits per heavy atom. The van der Waals surface area contributed by atoms with Gasteiger partial charge in [0.05, 0.1) is 12.2 Å². The van der Waals surface area contributed by atoms with Crippen molar-refractivity contribution in [1.29, 1.82) is 0 Å². The van der Waals surface area contributed by atoms with Gasteiger partial charge in [0.25, 0.3) is 0 Å². The van der Waals surface area contributed by atoms with Crippen molar-refractivity contribution in [2.24, 2.45) is 0 Å². The highest BCUT2D eigenvalue weighted by Gasteiger charge is 2.83. The van der Waals surface area contributed by atoms with E-state index < -0.39 is 46.8 Å². The summed E-state index contributed by atoms with van der Waals surface area (Å²) in [5.74, 6) is -24.8. The highest BCUT2D eigenvalue weighted by molar-refractivity contribution is 6.04. The average Bonchev–Trinajstić information content (AvgIpc) is 2.53. The van der Waals surface area contributed by atoms with Gasteiger partial charge >= 0.3 is 29.9 Å². The quantitative estimate of drug-likeness (QED) is 0.404. The molecule has 0 aliphatic heterocycles. The number of hydrogen-bond acceptors (Lipinski definition) is 3. The lowest BCUT2D eigenvalue weighted by atomic mass is 9.95. The van der Waals surface area contributed by atoms with Crippen molar-refractivity contribution in [3.05, 3.63) is 35.4 Å². The van der Waals surface area contributed by atoms with Crippen LogP contribution in [0.1, 0.15) is 27.6 Å². The highest BCUT2D eigenvalue weighted by Crippen LogP contribution is 2.53. The smallest absolute Gasteiger partial charge is 0.460 e. The molecule has 0 atom stereocenters. The standard InChI is InChI=1S/C14H9F9O3/c1-2-26-10(25)8-5-3-4-7(6-8)9(24)11(15,16)12(17,18)13(19,20)14(21,22)23/h3-6H,2H2,1H3. The van der Waals surface area contributed by atoms with Crippen LogP contribution in [-0.2, 0) is 4.74 Å². The second kappa shape index (κ2) is 6.80. The predicted molar refractivity (Wildman–Crippen MR) is 67.6 cm³/mol. The van der Waals surface area contributed by atoms with Gasteiger partial charge in [-0.3, -0.25) is 4.79 Å². The first-order valence-corrected chi connectivity index (χ1v) is 6.63. The van der Waals surface area contributed by atoms with E-state index in [2.05, 4.69) is 4.74 Å². The zero-order valence-corrected chi connectivity index (χ0v) is 12.6. The molecule has 0 spiro atoms. The molecule has 26 heavy (non-hydrogen) atoms. The molecule has 0 aromatic heterocycles. The summed E-state index contributed by atoms with van der Waals surface area (Å²) in [7, 11) is 0. The molecule has 1 aromatic rings. The fraction of sp³-hybridized carbons (Fsp3) is 0.429. The van der Waals surface area contributed by atoms with Crippen molar-refractivity contribution < 1.29 is 53.8 Å². The Morgan fingerprint density at radius 2 is 1.38 bits per heavy atom. The zero-order chi connectivity index (χ0) is 20.6. The number of alkyl halides is 9. The monoisotopic (exact) mass is 396 g/mol. The van der Waals surface area contributed by atoms with Gasteiger partial charge in [-0.25, -0.2) is 4.79 Å². The second-order valence-electron chi connectivity index (χ2n) is 4.85. The maximum absolute atomic E-state index is 13.6. The van der Waals surface area contributed by atoms with Crippen molar-refractivity contribution in [3.8, 4) is 0 Å². The third-order valence-electron chi connectivity index (χ3n) is 3.07. The minimum absolute atomic E-state index is 0.178. The molecule has 0 bridgehead atoms. The molecule has 1 aromatic carbocycles. The van der Waals surface area contributed by atoms with Crippen LogP contribution in [0.2, 0.25) is 0 Å². The molecule has 3 nitrogen and oxygen atoms in total. The summed E-state index contributed by atoms with van der Waals surface area (Å²) < 4.78 is 120. The Hall–Kier alpha value is -2.27. The van der Waals surface area contributed by atoms with Gasteiger partial charge in [-0.1, -0.05) is 12.1 Å². The van der Waals surface area contributed by atoms with Crippen LogP contribution in [0.15, 0.2) is 24.3 Å². The minimum Gasteiger partial charge on any atom is -0.462 e. The summed E-state index contributed by atoms with van der Waals surface area (Å²) in [4.78, 5) is 23.0. The molecule has 0 saturated heterocycles. The third-order valence-corrected chi connectivity index (χ3v) is 3.07. The predicted octanol–water partition coefficient (Wildman–Crippen LogP) is 4.51. The Morgan fingerprint density at radius 3 is 1.85 bits per heavy atom. The number of carbonyl (C=O) groups excluding carboxylic acids is 2. The number of esters is 1. The first kappa shape index (κ1) is 21.8. The lowest BCUT2D eigenvalue weighted by molar-refractivity contribution is -0.386. The van der Waals surface area contributed by atoms with Gasteiger partial charge in [0.15, 0.2) is 0 Å². The van der Waals surface area contributed by atoms with E-state index >= 15 is 0 Å². The number of carbonyl (C=O) groups is 2. The molecule has 146 valence electrons. The van der Waals surface area contributed by atoms with E-state index in [1.54, 1.807) is 0 Å². The van der Waals surface area contributed by atoms with Crippen molar-refractivity contribution in [2.75, 3.05) is 6.61 Å². The van der Waals surface area contributed by atoms with Crippen molar-refractivity contribution in [3.63, 3.8) is 0 Å². The highest BCUT2D eigenvalue weighted by atomic mass is 19.4. The number of benzene rings is 1. The van der Waals surface area contributed by atoms with Crippen LogP contribution in [-0.4, -0.2) is 42.3 Å². The van der Waals surface area contributed by atoms with Crippen LogP contribution in [0, 0.1) is 0 Å². The van der Waals surface area contributed by atoms with E-state index in [0.29, 0.717) is 12.1 Å². The number of ether oxygens (including phenoxy) is 1. The average molecular weight is 396 g/mol. The lowest BCUT2D eigenvalue weighted by Crippen LogP contribution is -2.63. The van der Waals surface area contributed by atoms with Gasteiger partial charge in [0.1, 0.15) is 0 Å². The summed E-state index contributed by atoms with van der Waals surface area (Å²) in [5, 5.41) is 0. The van der Waals surface area contributed by atoms with Gasteiger partial charge < -0.3 is 4.74 Å². The molecular formula is C14H9F9O3. The third kappa shape index (κ3) is 3.49. The van der Waals surface area contributed by atoms with E-state index in [4.69, 9.17) is 0 Å². The molecule has 0 radical (unpaired) electrons. The Kier molecular flexibility index (Phi) is 5.69. The second-order valence-corrected chi connectivity index (χ2v) is 4.85. The van der Waals surface area contributed by atoms with Gasteiger partial charge in [0, 0.05) is 5.56 Å². The summed E-state index contributed by atoms with van der Waals surface area (Å²) >= 11 is 0. The Labute approximate surface area is 139 Å². The van der Waals surface area contributed by atoms with Crippen molar-refractivity contribution in [1.82, 2.24) is 0 Å². The van der Waals surface area contributed by atoms with E-state index in [9.17, 15) is 49.1 Å². The largest absolute Gasteiger partial charge is 0.462 e. The molecule has 0 aliphatic carbocycles. The van der Waals surface area contributed by atoms with Gasteiger partial charge in [-0.2, -0.15) is 39.5 Å². The van der Waals surface area contributed by atoms with Crippen LogP contribution in [0.3, 0.4) is 0 Å². The first-order valence-electron chi connectivity index (χ1n) is 6.63. The number of hydrogen-bond donors (Lipinski definition) is 0. The fourth-order valence-corrected chi connectivity index (χ4v) is 1.70. The number of halogens is 9. The van der Waals surface area contributed by atoms with Crippen LogP contribution < -0.4 is 0 Å². The molecule has 0 fully saturated rings. The molecule has 0 aliphatic rings. The number of ketones is 1. The Balaban J connectivity index is 3.35. The summed E-state index contributed by atoms with van der Waals surface area (Å²) in [6.45, 7) is 1.18. The normalized spacial score (nSPS) is 13.5. The first-order chi connectivity index (χ1) is 11.6. The van der Waals surface area contributed by atoms with E-state index in [1.807, 2.05) is 0 Å². The fourth-order valence-electron chi connectivity index (χ4n) is 1.70. The molecule has 0 N–H and O–H groups in total. The molecule has 0 amide bonds. The zero-order valence-electron chi connectivity index (χ0n) is 12.6. The van der Waals surface area contributed by atoms with E-state index in [-0.39, 0.29) is 6.61 Å². The van der Waals surface area contributed by atoms with Crippen molar-refractivity contribution in [2.45, 2.75) is 30.9 Å². The maximum Gasteiger partial charge on any atom is 0.460 e. The van der Waals surface area contributed by atoms with Crippen LogP contribution in [0.4, 0.5) is 39.5 Å². The Bertz CT molecular complexity index is 695. The number of Topliss-reactive ketones (excluding diaryl/α,β-unsaturated/α-hetero) is 1. The van der Waals surface area contributed by atoms with Gasteiger partial charge in [-0.05, 0) is 19.1 Å². The molecule has 0 heterocycles. The lowest BCUT2D eigenvalue weighted by Gasteiger charge is -2.32. The number of rotatable bonds is 6. The molecule has 0 saturated carbocycles. The molecule has 1 rings (SSSR count). The molecular weight excluding hydrogens is 387 g/mol. The molecule has 0 unspecified atom stereocenters. The summed E-state index contributed by atoms with van der Waals surface area (Å²) in [6, 6.07) is 2.45. The van der Waals surface area contributed by atoms with Crippen LogP contribution >= 0.6 is 0 Å². The van der Waals surface area contributed by atoms with Gasteiger partial charge in [-0.15, -0.1) is 0 Å². The van der Waals surface area contributed by atoms with E-state index in [1.165, 1.54) is 6.92 Å². The SMILES string of the molecule is CCOC(=O)c1cccc(C(=O)C(F)(F)C(F)(F)C(F)(F)C(F)(F)F)c1. The van der Waals surface area contributed by atoms with Crippen molar-refractivity contribution >= 4 is 11.8 Å². The minimum atomic E-state index is -7.18. The van der Waals surface area contributed by atoms with E-state index in [0.717, 1.165) is 12.1 Å². The van der Waals surface area contributed by atoms with Gasteiger partial charge in [0.2, 0.25) is 5.78 Å². The molecule has 12 heteroatoms. The van der Waals surface area contributed by atoms with Crippen LogP contribution in [0.25, 0.3) is 0 Å². The summed E-state index contributed by atoms with van der Waals surface area (Å²) in [5.41, 5.74) is -1.95. The van der Waals surface area contributed by atoms with Crippen LogP contribution in [0.5, 0.6) is 0 Å². The topological polar surface area (TPSA) is 43.4 Å². The maximum atomic E-state index is 13.6.